The Morgan fingerprint density at radius 3 is 2.33 bits per heavy atom. The van der Waals surface area contributed by atoms with Crippen molar-refractivity contribution in [3.8, 4) is 0 Å². The van der Waals surface area contributed by atoms with Gasteiger partial charge in [0.2, 0.25) is 0 Å². The van der Waals surface area contributed by atoms with Crippen LogP contribution in [0.4, 0.5) is 4.39 Å². The highest BCUT2D eigenvalue weighted by molar-refractivity contribution is 5.89. The van der Waals surface area contributed by atoms with E-state index >= 15 is 0 Å². The number of carbonyl (C=O) groups is 1. The molecule has 1 saturated heterocycles. The summed E-state index contributed by atoms with van der Waals surface area (Å²) in [7, 11) is 0. The minimum absolute atomic E-state index is 0.495. The molecule has 1 fully saturated rings. The molecule has 0 unspecified atom stereocenters. The first-order valence-electron chi connectivity index (χ1n) is 5.58. The Hall–Kier alpha value is -0.900. The maximum Gasteiger partial charge on any atom is 0.277 e. The molecule has 4 heteroatoms. The summed E-state index contributed by atoms with van der Waals surface area (Å²) in [5.41, 5.74) is 4.75. The monoisotopic (exact) mass is 216 g/mol. The maximum atomic E-state index is 12.6. The van der Waals surface area contributed by atoms with Gasteiger partial charge in [-0.3, -0.25) is 9.69 Å². The van der Waals surface area contributed by atoms with E-state index in [-0.39, 0.29) is 0 Å². The van der Waals surface area contributed by atoms with Gasteiger partial charge in [-0.15, -0.1) is 0 Å². The normalized spacial score (nSPS) is 17.9. The summed E-state index contributed by atoms with van der Waals surface area (Å²) in [4.78, 5) is 12.4. The lowest BCUT2D eigenvalue weighted by Crippen LogP contribution is -2.30. The smallest absolute Gasteiger partial charge is 0.277 e. The number of hydrogen-bond donors (Lipinski definition) is 1. The van der Waals surface area contributed by atoms with E-state index in [1.165, 1.54) is 12.5 Å². The number of carbonyl (C=O) groups excluding carboxylic acids is 1. The van der Waals surface area contributed by atoms with Crippen LogP contribution in [0.3, 0.4) is 0 Å². The van der Waals surface area contributed by atoms with Crippen molar-refractivity contribution in [3.05, 3.63) is 11.9 Å². The molecule has 0 bridgehead atoms. The lowest BCUT2D eigenvalue weighted by molar-refractivity contribution is -0.115. The average Bonchev–Trinajstić information content (AvgIpc) is 2.30. The van der Waals surface area contributed by atoms with Gasteiger partial charge < -0.3 is 5.73 Å². The number of nitrogens with two attached hydrogens (primary N) is 1. The molecule has 1 heterocycles. The summed E-state index contributed by atoms with van der Waals surface area (Å²) >= 11 is 0. The molecule has 3 nitrogen and oxygen atoms in total. The minimum atomic E-state index is -0.975. The average molecular weight is 216 g/mol. The van der Waals surface area contributed by atoms with E-state index < -0.39 is 11.7 Å². The van der Waals surface area contributed by atoms with Crippen LogP contribution in [0.1, 0.15) is 33.1 Å². The number of amides is 1. The summed E-state index contributed by atoms with van der Waals surface area (Å²) in [5, 5.41) is 0. The lowest BCUT2D eigenvalue weighted by atomic mass is 10.1. The molecule has 1 aliphatic heterocycles. The van der Waals surface area contributed by atoms with Crippen LogP contribution in [0.25, 0.3) is 0 Å². The number of primary amides is 1. The van der Waals surface area contributed by atoms with E-state index in [0.717, 1.165) is 25.9 Å². The molecule has 0 saturated carbocycles. The van der Waals surface area contributed by atoms with Crippen molar-refractivity contribution in [2.75, 3.05) is 19.6 Å². The van der Waals surface area contributed by atoms with Crippen LogP contribution in [0.15, 0.2) is 11.9 Å². The Kier molecular flexibility index (Phi) is 7.91. The molecule has 0 aromatic heterocycles. The second kappa shape index (κ2) is 8.41. The first-order chi connectivity index (χ1) is 7.20. The van der Waals surface area contributed by atoms with Crippen molar-refractivity contribution in [1.82, 2.24) is 4.90 Å². The van der Waals surface area contributed by atoms with Crippen LogP contribution in [0, 0.1) is 0 Å². The number of nitrogens with zero attached hydrogens (tertiary/aromatic N) is 1. The number of piperidine rings is 1. The van der Waals surface area contributed by atoms with E-state index in [0.29, 0.717) is 6.54 Å². The van der Waals surface area contributed by atoms with Gasteiger partial charge in [-0.05, 0) is 32.0 Å². The summed E-state index contributed by atoms with van der Waals surface area (Å²) in [6, 6.07) is 0. The summed E-state index contributed by atoms with van der Waals surface area (Å²) in [6.45, 7) is 6.47. The van der Waals surface area contributed by atoms with Crippen LogP contribution >= 0.6 is 0 Å². The third-order valence-corrected chi connectivity index (χ3v) is 2.21. The number of likely N-dealkylation sites (tertiary alicyclic amines) is 1. The molecule has 1 amide bonds. The van der Waals surface area contributed by atoms with Crippen LogP contribution < -0.4 is 5.73 Å². The standard InChI is InChI=1S/C9H15FN2O.C2H6/c10-8(9(11)13)4-7-12-5-2-1-3-6-12;1-2/h4H,1-3,5-7H2,(H2,11,13);1-2H3/b8-4-;. The molecule has 2 N–H and O–H groups in total. The number of halogens is 1. The van der Waals surface area contributed by atoms with Crippen LogP contribution in [-0.4, -0.2) is 30.4 Å². The zero-order valence-corrected chi connectivity index (χ0v) is 9.63. The van der Waals surface area contributed by atoms with Gasteiger partial charge in [-0.2, -0.15) is 0 Å². The Labute approximate surface area is 91.1 Å². The number of rotatable bonds is 3. The minimum Gasteiger partial charge on any atom is -0.364 e. The van der Waals surface area contributed by atoms with E-state index in [4.69, 9.17) is 5.73 Å². The van der Waals surface area contributed by atoms with Gasteiger partial charge in [0.1, 0.15) is 0 Å². The first-order valence-corrected chi connectivity index (χ1v) is 5.58. The Bertz CT molecular complexity index is 211. The quantitative estimate of drug-likeness (QED) is 0.732. The second-order valence-electron chi connectivity index (χ2n) is 3.28. The molecule has 15 heavy (non-hydrogen) atoms. The second-order valence-corrected chi connectivity index (χ2v) is 3.28. The number of hydrogen-bond acceptors (Lipinski definition) is 2. The van der Waals surface area contributed by atoms with Gasteiger partial charge in [-0.1, -0.05) is 20.3 Å². The highest BCUT2D eigenvalue weighted by Crippen LogP contribution is 2.08. The van der Waals surface area contributed by atoms with E-state index in [1.807, 2.05) is 13.8 Å². The predicted octanol–water partition coefficient (Wildman–Crippen LogP) is 1.84. The molecule has 1 rings (SSSR count). The molecule has 0 radical (unpaired) electrons. The topological polar surface area (TPSA) is 46.3 Å². The van der Waals surface area contributed by atoms with Crippen molar-refractivity contribution in [1.29, 1.82) is 0 Å². The largest absolute Gasteiger partial charge is 0.364 e. The third-order valence-electron chi connectivity index (χ3n) is 2.21. The Morgan fingerprint density at radius 2 is 1.87 bits per heavy atom. The van der Waals surface area contributed by atoms with Crippen molar-refractivity contribution >= 4 is 5.91 Å². The van der Waals surface area contributed by atoms with Crippen LogP contribution in [0.5, 0.6) is 0 Å². The highest BCUT2D eigenvalue weighted by Gasteiger charge is 2.09. The molecule has 0 aromatic rings. The molecule has 0 aromatic carbocycles. The third kappa shape index (κ3) is 6.23. The summed E-state index contributed by atoms with van der Waals surface area (Å²) < 4.78 is 12.6. The Morgan fingerprint density at radius 1 is 1.33 bits per heavy atom. The zero-order chi connectivity index (χ0) is 11.7. The van der Waals surface area contributed by atoms with Gasteiger partial charge in [0.05, 0.1) is 0 Å². The molecule has 0 spiro atoms. The summed E-state index contributed by atoms with van der Waals surface area (Å²) in [6.07, 6.45) is 4.82. The van der Waals surface area contributed by atoms with Gasteiger partial charge in [0.25, 0.3) is 5.91 Å². The molecular formula is C11H21FN2O. The zero-order valence-electron chi connectivity index (χ0n) is 9.63. The SMILES string of the molecule is CC.NC(=O)/C(F)=C/CN1CCCCC1. The van der Waals surface area contributed by atoms with Crippen molar-refractivity contribution in [2.45, 2.75) is 33.1 Å². The molecule has 88 valence electrons. The van der Waals surface area contributed by atoms with Crippen molar-refractivity contribution in [3.63, 3.8) is 0 Å². The van der Waals surface area contributed by atoms with E-state index in [1.54, 1.807) is 0 Å². The maximum absolute atomic E-state index is 12.6. The fourth-order valence-corrected chi connectivity index (χ4v) is 1.45. The fraction of sp³-hybridized carbons (Fsp3) is 0.727. The van der Waals surface area contributed by atoms with Crippen molar-refractivity contribution < 1.29 is 9.18 Å². The van der Waals surface area contributed by atoms with Crippen LogP contribution in [-0.2, 0) is 4.79 Å². The predicted molar refractivity (Wildman–Crippen MR) is 60.0 cm³/mol. The molecule has 0 aliphatic carbocycles. The van der Waals surface area contributed by atoms with Crippen molar-refractivity contribution in [2.24, 2.45) is 5.73 Å². The van der Waals surface area contributed by atoms with Gasteiger partial charge in [-0.25, -0.2) is 4.39 Å². The molecule has 0 atom stereocenters. The van der Waals surface area contributed by atoms with Gasteiger partial charge in [0.15, 0.2) is 5.83 Å². The van der Waals surface area contributed by atoms with Crippen LogP contribution in [0.2, 0.25) is 0 Å². The first kappa shape index (κ1) is 14.1. The molecular weight excluding hydrogens is 195 g/mol. The molecule has 1 aliphatic rings. The fourth-order valence-electron chi connectivity index (χ4n) is 1.45. The Balaban J connectivity index is 0.000000921. The van der Waals surface area contributed by atoms with E-state index in [2.05, 4.69) is 4.90 Å². The summed E-state index contributed by atoms with van der Waals surface area (Å²) in [5.74, 6) is -1.80. The van der Waals surface area contributed by atoms with Gasteiger partial charge >= 0.3 is 0 Å². The highest BCUT2D eigenvalue weighted by atomic mass is 19.1. The van der Waals surface area contributed by atoms with Gasteiger partial charge in [0, 0.05) is 6.54 Å². The lowest BCUT2D eigenvalue weighted by Gasteiger charge is -2.24. The van der Waals surface area contributed by atoms with E-state index in [9.17, 15) is 9.18 Å².